The predicted molar refractivity (Wildman–Crippen MR) is 43.9 cm³/mol. The normalized spacial score (nSPS) is 16.5. The van der Waals surface area contributed by atoms with Gasteiger partial charge in [-0.3, -0.25) is 4.79 Å². The number of hydrogen-bond donors (Lipinski definition) is 0. The zero-order valence-electron chi connectivity index (χ0n) is 8.37. The number of alkyl halides is 6. The molecule has 0 aromatic carbocycles. The summed E-state index contributed by atoms with van der Waals surface area (Å²) in [5.74, 6) is -1.87. The Labute approximate surface area is 91.5 Å². The van der Waals surface area contributed by atoms with Gasteiger partial charge in [0.2, 0.25) is 5.78 Å². The number of rotatable bonds is 2. The molecule has 0 fully saturated rings. The largest absolute Gasteiger partial charge is 0.490 e. The Hall–Kier alpha value is -1.47. The average Bonchev–Trinajstić information content (AvgIpc) is 2.11. The van der Waals surface area contributed by atoms with Gasteiger partial charge in [0, 0.05) is 5.57 Å². The maximum Gasteiger partial charge on any atom is 0.422 e. The van der Waals surface area contributed by atoms with E-state index in [4.69, 9.17) is 0 Å². The van der Waals surface area contributed by atoms with Gasteiger partial charge in [-0.05, 0) is 13.0 Å². The number of Topliss-reactive ketones (excluding diaryl/α,β-unsaturated/α-hetero) is 1. The van der Waals surface area contributed by atoms with Crippen LogP contribution in [-0.4, -0.2) is 24.7 Å². The maximum absolute atomic E-state index is 12.2. The Morgan fingerprint density at radius 1 is 1.18 bits per heavy atom. The summed E-state index contributed by atoms with van der Waals surface area (Å²) in [6, 6.07) is 0. The standard InChI is InChI=1S/C9H6F6O2/c1-2-17-5-3-4(6(5)16)7(8(10,11)12)9(13,14)15/h3H,2H2,1H3. The molecule has 0 aromatic rings. The lowest BCUT2D eigenvalue weighted by Gasteiger charge is -2.23. The number of carbonyl (C=O) groups excluding carboxylic acids is 1. The van der Waals surface area contributed by atoms with Crippen molar-refractivity contribution in [1.82, 2.24) is 0 Å². The van der Waals surface area contributed by atoms with Gasteiger partial charge < -0.3 is 4.74 Å². The van der Waals surface area contributed by atoms with Crippen LogP contribution in [0.25, 0.3) is 0 Å². The van der Waals surface area contributed by atoms with Gasteiger partial charge in [0.15, 0.2) is 5.76 Å². The number of halogens is 6. The van der Waals surface area contributed by atoms with Crippen molar-refractivity contribution in [3.05, 3.63) is 23.0 Å². The van der Waals surface area contributed by atoms with Crippen LogP contribution in [0.4, 0.5) is 26.3 Å². The van der Waals surface area contributed by atoms with Crippen molar-refractivity contribution in [3.63, 3.8) is 0 Å². The molecular weight excluding hydrogens is 254 g/mol. The summed E-state index contributed by atoms with van der Waals surface area (Å²) in [5.41, 5.74) is -4.20. The molecule has 0 unspecified atom stereocenters. The molecule has 17 heavy (non-hydrogen) atoms. The summed E-state index contributed by atoms with van der Waals surface area (Å²) < 4.78 is 77.6. The van der Waals surface area contributed by atoms with Crippen molar-refractivity contribution in [2.24, 2.45) is 0 Å². The highest BCUT2D eigenvalue weighted by atomic mass is 19.4. The molecule has 2 nitrogen and oxygen atoms in total. The smallest absolute Gasteiger partial charge is 0.422 e. The third-order valence-corrected chi connectivity index (χ3v) is 1.88. The first-order valence-electron chi connectivity index (χ1n) is 4.37. The van der Waals surface area contributed by atoms with Crippen LogP contribution in [0.5, 0.6) is 0 Å². The maximum atomic E-state index is 12.2. The molecule has 1 aliphatic rings. The zero-order valence-corrected chi connectivity index (χ0v) is 8.37. The highest BCUT2D eigenvalue weighted by Gasteiger charge is 2.55. The van der Waals surface area contributed by atoms with Crippen LogP contribution in [-0.2, 0) is 9.53 Å². The number of ether oxygens (including phenoxy) is 1. The van der Waals surface area contributed by atoms with Crippen LogP contribution in [0.3, 0.4) is 0 Å². The topological polar surface area (TPSA) is 26.3 Å². The average molecular weight is 260 g/mol. The Bertz CT molecular complexity index is 383. The molecule has 0 amide bonds. The van der Waals surface area contributed by atoms with Crippen molar-refractivity contribution in [2.45, 2.75) is 19.3 Å². The second kappa shape index (κ2) is 4.08. The Kier molecular flexibility index (Phi) is 3.26. The molecule has 0 radical (unpaired) electrons. The third-order valence-electron chi connectivity index (χ3n) is 1.88. The van der Waals surface area contributed by atoms with E-state index in [2.05, 4.69) is 4.74 Å². The molecule has 0 aliphatic heterocycles. The van der Waals surface area contributed by atoms with Crippen molar-refractivity contribution in [3.8, 4) is 0 Å². The first-order valence-corrected chi connectivity index (χ1v) is 4.37. The summed E-state index contributed by atoms with van der Waals surface area (Å²) >= 11 is 0. The SMILES string of the molecule is CCOC1=CC(=C(C(F)(F)F)C(F)(F)F)C1=O. The van der Waals surface area contributed by atoms with Crippen molar-refractivity contribution in [1.29, 1.82) is 0 Å². The third kappa shape index (κ3) is 2.62. The monoisotopic (exact) mass is 260 g/mol. The molecule has 0 aromatic heterocycles. The number of ketones is 1. The van der Waals surface area contributed by atoms with E-state index in [0.717, 1.165) is 0 Å². The molecule has 0 atom stereocenters. The molecule has 1 aliphatic carbocycles. The minimum absolute atomic E-state index is 0.0157. The van der Waals surface area contributed by atoms with Gasteiger partial charge in [-0.2, -0.15) is 26.3 Å². The van der Waals surface area contributed by atoms with E-state index < -0.39 is 35.0 Å². The Balaban J connectivity index is 3.23. The lowest BCUT2D eigenvalue weighted by molar-refractivity contribution is -0.173. The summed E-state index contributed by atoms with van der Waals surface area (Å²) in [6.07, 6.45) is -10.8. The van der Waals surface area contributed by atoms with Crippen LogP contribution in [0.1, 0.15) is 6.92 Å². The van der Waals surface area contributed by atoms with E-state index in [-0.39, 0.29) is 6.61 Å². The van der Waals surface area contributed by atoms with Crippen LogP contribution >= 0.6 is 0 Å². The first-order chi connectivity index (χ1) is 7.59. The number of allylic oxidation sites excluding steroid dienone is 3. The molecule has 8 heteroatoms. The molecular formula is C9H6F6O2. The molecule has 96 valence electrons. The lowest BCUT2D eigenvalue weighted by atomic mass is 9.92. The van der Waals surface area contributed by atoms with E-state index >= 15 is 0 Å². The Morgan fingerprint density at radius 2 is 1.65 bits per heavy atom. The molecule has 0 saturated carbocycles. The van der Waals surface area contributed by atoms with Crippen molar-refractivity contribution in [2.75, 3.05) is 6.61 Å². The molecule has 0 saturated heterocycles. The van der Waals surface area contributed by atoms with Crippen LogP contribution in [0.15, 0.2) is 23.0 Å². The van der Waals surface area contributed by atoms with Gasteiger partial charge in [-0.15, -0.1) is 0 Å². The van der Waals surface area contributed by atoms with Gasteiger partial charge in [0.1, 0.15) is 5.57 Å². The van der Waals surface area contributed by atoms with E-state index in [0.29, 0.717) is 6.08 Å². The van der Waals surface area contributed by atoms with E-state index in [1.165, 1.54) is 6.92 Å². The van der Waals surface area contributed by atoms with Gasteiger partial charge in [-0.25, -0.2) is 0 Å². The minimum Gasteiger partial charge on any atom is -0.490 e. The van der Waals surface area contributed by atoms with E-state index in [9.17, 15) is 31.1 Å². The van der Waals surface area contributed by atoms with Gasteiger partial charge in [0.25, 0.3) is 0 Å². The summed E-state index contributed by atoms with van der Waals surface area (Å²) in [6.45, 7) is 1.43. The first kappa shape index (κ1) is 13.6. The second-order valence-corrected chi connectivity index (χ2v) is 3.05. The highest BCUT2D eigenvalue weighted by molar-refractivity contribution is 6.17. The molecule has 0 N–H and O–H groups in total. The lowest BCUT2D eigenvalue weighted by Crippen LogP contribution is -2.33. The quantitative estimate of drug-likeness (QED) is 0.563. The minimum atomic E-state index is -5.63. The predicted octanol–water partition coefficient (Wildman–Crippen LogP) is 2.91. The molecule has 0 spiro atoms. The second-order valence-electron chi connectivity index (χ2n) is 3.05. The summed E-state index contributed by atoms with van der Waals surface area (Å²) in [5, 5.41) is 0. The van der Waals surface area contributed by atoms with Crippen LogP contribution in [0, 0.1) is 0 Å². The summed E-state index contributed by atoms with van der Waals surface area (Å²) in [7, 11) is 0. The van der Waals surface area contributed by atoms with Crippen LogP contribution < -0.4 is 0 Å². The van der Waals surface area contributed by atoms with Gasteiger partial charge >= 0.3 is 12.4 Å². The highest BCUT2D eigenvalue weighted by Crippen LogP contribution is 2.43. The number of hydrogen-bond acceptors (Lipinski definition) is 2. The zero-order chi connectivity index (χ0) is 13.4. The molecule has 0 bridgehead atoms. The van der Waals surface area contributed by atoms with Crippen molar-refractivity contribution < 1.29 is 35.9 Å². The van der Waals surface area contributed by atoms with Gasteiger partial charge in [0.05, 0.1) is 6.61 Å². The van der Waals surface area contributed by atoms with Gasteiger partial charge in [-0.1, -0.05) is 0 Å². The molecule has 0 heterocycles. The fourth-order valence-electron chi connectivity index (χ4n) is 1.23. The fraction of sp³-hybridized carbons (Fsp3) is 0.444. The Morgan fingerprint density at radius 3 is 1.94 bits per heavy atom. The van der Waals surface area contributed by atoms with Crippen LogP contribution in [0.2, 0.25) is 0 Å². The molecule has 1 rings (SSSR count). The fourth-order valence-corrected chi connectivity index (χ4v) is 1.23. The van der Waals surface area contributed by atoms with E-state index in [1.54, 1.807) is 0 Å². The van der Waals surface area contributed by atoms with Crippen molar-refractivity contribution >= 4 is 5.78 Å². The summed E-state index contributed by atoms with van der Waals surface area (Å²) in [4.78, 5) is 11.0. The van der Waals surface area contributed by atoms with E-state index in [1.807, 2.05) is 0 Å². The number of carbonyl (C=O) groups is 1.